The molecule has 0 aromatic heterocycles. The van der Waals surface area contributed by atoms with Crippen LogP contribution in [0.1, 0.15) is 76.3 Å². The molecule has 0 bridgehead atoms. The maximum absolute atomic E-state index is 14.1. The van der Waals surface area contributed by atoms with Gasteiger partial charge in [-0.2, -0.15) is 0 Å². The fourth-order valence-corrected chi connectivity index (χ4v) is 12.2. The summed E-state index contributed by atoms with van der Waals surface area (Å²) in [6.07, 6.45) is 4.68. The van der Waals surface area contributed by atoms with Crippen molar-refractivity contribution in [2.45, 2.75) is 69.1 Å². The first-order valence-electron chi connectivity index (χ1n) is 23.7. The molecule has 4 aliphatic rings. The average Bonchev–Trinajstić information content (AvgIpc) is 3.73. The number of carboxylic acid groups (broad SMARTS) is 1. The Balaban J connectivity index is 0.909. The van der Waals surface area contributed by atoms with Gasteiger partial charge in [-0.15, -0.1) is 11.8 Å². The van der Waals surface area contributed by atoms with Crippen LogP contribution >= 0.6 is 58.2 Å². The average molecular weight is 1080 g/mol. The Morgan fingerprint density at radius 3 is 2.23 bits per heavy atom. The predicted octanol–water partition coefficient (Wildman–Crippen LogP) is 12.7. The first-order valence-corrected chi connectivity index (χ1v) is 26.3. The van der Waals surface area contributed by atoms with Crippen molar-refractivity contribution in [2.24, 2.45) is 0 Å². The maximum Gasteiger partial charge on any atom is 0.352 e. The smallest absolute Gasteiger partial charge is 0.352 e. The van der Waals surface area contributed by atoms with Gasteiger partial charge in [-0.3, -0.25) is 14.5 Å². The number of aryl methyl sites for hydroxylation is 1. The minimum atomic E-state index is -1.63. The number of carbonyl (C=O) groups is 4. The van der Waals surface area contributed by atoms with Crippen LogP contribution in [-0.2, 0) is 44.2 Å². The van der Waals surface area contributed by atoms with Crippen molar-refractivity contribution >= 4 is 93.3 Å². The summed E-state index contributed by atoms with van der Waals surface area (Å²) in [5.74, 6) is -0.619. The van der Waals surface area contributed by atoms with Gasteiger partial charge >= 0.3 is 11.9 Å². The highest BCUT2D eigenvalue weighted by Gasteiger charge is 2.57. The number of hydrogen-bond acceptors (Lipinski definition) is 10. The summed E-state index contributed by atoms with van der Waals surface area (Å²) in [5, 5.41) is 12.4. The van der Waals surface area contributed by atoms with Crippen LogP contribution in [-0.4, -0.2) is 64.6 Å². The van der Waals surface area contributed by atoms with E-state index in [1.165, 1.54) is 16.7 Å². The van der Waals surface area contributed by atoms with Gasteiger partial charge in [-0.05, 0) is 72.0 Å². The number of amides is 2. The summed E-state index contributed by atoms with van der Waals surface area (Å²) >= 11 is 28.6. The molecule has 3 atom stereocenters. The number of carboxylic acids is 1. The van der Waals surface area contributed by atoms with Gasteiger partial charge in [0.05, 0.1) is 32.1 Å². The third kappa shape index (κ3) is 9.35. The second-order valence-corrected chi connectivity index (χ2v) is 20.7. The normalized spacial score (nSPS) is 18.2. The standard InChI is InChI=1S/C56H47Cl4N3O9S/c1-3-4-5-10-15-33-25-39-42(71-41-26-36(62(2)35-16-11-7-12-17-35)20-23-38(41)56(39)45-44(55(68)72-56)46(57)48(59)49(60)47(45)58)27-40(33)70-28-32-18-21-37(22-19-32)69-29-34-30-73-53-50(52(65)63(53)51(34)54(66)67)61-43(64)24-31-13-8-6-9-14-31/h6-9,11-14,16-23,25-27,50,53H,3-5,10,15,24,28-30H2,1-2H3,(H,61,64)(H,66,67)/t50-,53?,56?/m0/s1. The second kappa shape index (κ2) is 20.9. The van der Waals surface area contributed by atoms with Crippen molar-refractivity contribution < 1.29 is 43.2 Å². The van der Waals surface area contributed by atoms with E-state index in [2.05, 4.69) is 12.2 Å². The molecular weight excluding hydrogens is 1030 g/mol. The highest BCUT2D eigenvalue weighted by atomic mass is 35.5. The minimum absolute atomic E-state index is 0.0105. The molecule has 17 heteroatoms. The lowest BCUT2D eigenvalue weighted by Crippen LogP contribution is -2.70. The second-order valence-electron chi connectivity index (χ2n) is 18.1. The number of unbranched alkanes of at least 4 members (excludes halogenated alkanes) is 3. The van der Waals surface area contributed by atoms with Gasteiger partial charge in [0.15, 0.2) is 5.60 Å². The molecule has 0 radical (unpaired) electrons. The highest BCUT2D eigenvalue weighted by Crippen LogP contribution is 2.62. The molecule has 374 valence electrons. The van der Waals surface area contributed by atoms with E-state index < -0.39 is 34.9 Å². The van der Waals surface area contributed by atoms with Crippen LogP contribution in [0.5, 0.6) is 23.0 Å². The molecule has 2 unspecified atom stereocenters. The number of thioether (sulfide) groups is 1. The van der Waals surface area contributed by atoms with E-state index in [0.717, 1.165) is 53.7 Å². The van der Waals surface area contributed by atoms with Gasteiger partial charge in [0, 0.05) is 58.6 Å². The van der Waals surface area contributed by atoms with Crippen molar-refractivity contribution in [3.05, 3.63) is 186 Å². The molecule has 2 N–H and O–H groups in total. The lowest BCUT2D eigenvalue weighted by Gasteiger charge is -2.49. The van der Waals surface area contributed by atoms with Gasteiger partial charge in [0.25, 0.3) is 5.91 Å². The molecule has 0 saturated carbocycles. The number of nitrogens with one attached hydrogen (secondary N) is 1. The number of carbonyl (C=O) groups excluding carboxylic acids is 3. The molecule has 6 aromatic rings. The van der Waals surface area contributed by atoms with Gasteiger partial charge in [0.2, 0.25) is 5.91 Å². The molecule has 1 spiro atoms. The Morgan fingerprint density at radius 2 is 1.51 bits per heavy atom. The quantitative estimate of drug-likeness (QED) is 0.0296. The van der Waals surface area contributed by atoms with Crippen LogP contribution in [0, 0.1) is 0 Å². The molecule has 6 aromatic carbocycles. The van der Waals surface area contributed by atoms with Crippen LogP contribution in [0.4, 0.5) is 11.4 Å². The number of hydrogen-bond donors (Lipinski definition) is 2. The van der Waals surface area contributed by atoms with E-state index >= 15 is 0 Å². The minimum Gasteiger partial charge on any atom is -0.489 e. The number of esters is 1. The predicted molar refractivity (Wildman–Crippen MR) is 283 cm³/mol. The van der Waals surface area contributed by atoms with Crippen LogP contribution < -0.4 is 24.4 Å². The zero-order valence-corrected chi connectivity index (χ0v) is 43.4. The van der Waals surface area contributed by atoms with Crippen molar-refractivity contribution in [2.75, 3.05) is 24.3 Å². The van der Waals surface area contributed by atoms with Crippen LogP contribution in [0.3, 0.4) is 0 Å². The Labute approximate surface area is 446 Å². The number of para-hydroxylation sites is 1. The molecule has 0 aliphatic carbocycles. The monoisotopic (exact) mass is 1080 g/mol. The topological polar surface area (TPSA) is 144 Å². The fourth-order valence-electron chi connectivity index (χ4n) is 9.78. The first kappa shape index (κ1) is 50.2. The number of β-lactam (4-membered cyclic amide) rings is 1. The fraction of sp³-hybridized carbons (Fsp3) is 0.250. The van der Waals surface area contributed by atoms with Crippen molar-refractivity contribution in [1.82, 2.24) is 10.2 Å². The molecular formula is C56H47Cl4N3O9S. The summed E-state index contributed by atoms with van der Waals surface area (Å²) in [5.41, 5.74) is 4.24. The zero-order valence-electron chi connectivity index (χ0n) is 39.5. The Kier molecular flexibility index (Phi) is 14.4. The van der Waals surface area contributed by atoms with Crippen LogP contribution in [0.15, 0.2) is 127 Å². The van der Waals surface area contributed by atoms with Crippen LogP contribution in [0.25, 0.3) is 0 Å². The maximum atomic E-state index is 14.1. The van der Waals surface area contributed by atoms with E-state index in [1.807, 2.05) is 115 Å². The van der Waals surface area contributed by atoms with Gasteiger partial charge < -0.3 is 34.3 Å². The van der Waals surface area contributed by atoms with E-state index in [4.69, 9.17) is 65.4 Å². The summed E-state index contributed by atoms with van der Waals surface area (Å²) in [6.45, 7) is 2.25. The summed E-state index contributed by atoms with van der Waals surface area (Å²) < 4.78 is 26.1. The van der Waals surface area contributed by atoms with E-state index in [0.29, 0.717) is 51.9 Å². The van der Waals surface area contributed by atoms with Crippen molar-refractivity contribution in [1.29, 1.82) is 0 Å². The van der Waals surface area contributed by atoms with E-state index in [1.54, 1.807) is 12.1 Å². The van der Waals surface area contributed by atoms with Crippen LogP contribution in [0.2, 0.25) is 20.1 Å². The molecule has 1 fully saturated rings. The summed E-state index contributed by atoms with van der Waals surface area (Å²) in [4.78, 5) is 56.0. The Hall–Kier alpha value is -6.35. The summed E-state index contributed by atoms with van der Waals surface area (Å²) in [7, 11) is 1.95. The third-order valence-electron chi connectivity index (χ3n) is 13.5. The molecule has 4 aliphatic heterocycles. The number of anilines is 2. The van der Waals surface area contributed by atoms with Crippen molar-refractivity contribution in [3.8, 4) is 23.0 Å². The van der Waals surface area contributed by atoms with Crippen molar-refractivity contribution in [3.63, 3.8) is 0 Å². The van der Waals surface area contributed by atoms with Gasteiger partial charge in [-0.25, -0.2) is 9.59 Å². The number of aliphatic carboxylic acids is 1. The lowest BCUT2D eigenvalue weighted by atomic mass is 9.76. The number of benzene rings is 6. The zero-order chi connectivity index (χ0) is 51.1. The SMILES string of the molecule is CCCCCCc1cc2c(cc1OCc1ccc(OCC3=C(C(=O)O)N4C(=O)[C@H](NC(=O)Cc5ccccc5)C4SC3)cc1)Oc1cc(N(C)c3ccccc3)ccc1C21OC(=O)c2c(Cl)c(Cl)c(Cl)c(Cl)c21. The number of rotatable bonds is 17. The largest absolute Gasteiger partial charge is 0.489 e. The number of fused-ring (bicyclic) bond motifs is 7. The molecule has 73 heavy (non-hydrogen) atoms. The summed E-state index contributed by atoms with van der Waals surface area (Å²) in [6, 6.07) is 34.9. The third-order valence-corrected chi connectivity index (χ3v) is 16.7. The first-order chi connectivity index (χ1) is 35.3. The van der Waals surface area contributed by atoms with Gasteiger partial charge in [0.1, 0.15) is 53.3 Å². The molecule has 1 saturated heterocycles. The molecule has 4 heterocycles. The number of halogens is 4. The van der Waals surface area contributed by atoms with E-state index in [-0.39, 0.29) is 62.5 Å². The highest BCUT2D eigenvalue weighted by molar-refractivity contribution is 8.00. The number of nitrogens with zero attached hydrogens (tertiary/aromatic N) is 2. The Bertz CT molecular complexity index is 3210. The number of ether oxygens (including phenoxy) is 4. The van der Waals surface area contributed by atoms with Gasteiger partial charge in [-0.1, -0.05) is 133 Å². The lowest BCUT2D eigenvalue weighted by molar-refractivity contribution is -0.150. The molecule has 2 amide bonds. The molecule has 10 rings (SSSR count). The van der Waals surface area contributed by atoms with E-state index in [9.17, 15) is 24.3 Å². The Morgan fingerprint density at radius 1 is 0.795 bits per heavy atom. The molecule has 12 nitrogen and oxygen atoms in total.